The van der Waals surface area contributed by atoms with Crippen molar-refractivity contribution in [2.24, 2.45) is 5.73 Å². The van der Waals surface area contributed by atoms with Gasteiger partial charge in [0.1, 0.15) is 0 Å². The van der Waals surface area contributed by atoms with Crippen LogP contribution < -0.4 is 5.73 Å². The molecule has 0 aromatic carbocycles. The van der Waals surface area contributed by atoms with Crippen molar-refractivity contribution in [1.29, 1.82) is 0 Å². The second-order valence-electron chi connectivity index (χ2n) is 3.78. The Balaban J connectivity index is 2.09. The Bertz CT molecular complexity index is 121. The van der Waals surface area contributed by atoms with Gasteiger partial charge in [-0.15, -0.1) is 0 Å². The molecule has 2 fully saturated rings. The lowest BCUT2D eigenvalue weighted by Gasteiger charge is -2.34. The summed E-state index contributed by atoms with van der Waals surface area (Å²) in [6.45, 7) is 0. The van der Waals surface area contributed by atoms with Crippen LogP contribution in [0.15, 0.2) is 0 Å². The summed E-state index contributed by atoms with van der Waals surface area (Å²) in [7, 11) is 2.24. The molecule has 0 amide bonds. The van der Waals surface area contributed by atoms with E-state index in [1.807, 2.05) is 0 Å². The van der Waals surface area contributed by atoms with Crippen LogP contribution in [-0.2, 0) is 0 Å². The van der Waals surface area contributed by atoms with Crippen LogP contribution >= 0.6 is 0 Å². The highest BCUT2D eigenvalue weighted by atomic mass is 15.2. The summed E-state index contributed by atoms with van der Waals surface area (Å²) in [4.78, 5) is 2.52. The van der Waals surface area contributed by atoms with Crippen molar-refractivity contribution in [3.63, 3.8) is 0 Å². The number of hydrogen-bond acceptors (Lipinski definition) is 2. The molecule has 0 aromatic rings. The van der Waals surface area contributed by atoms with Gasteiger partial charge in [0.15, 0.2) is 0 Å². The highest BCUT2D eigenvalue weighted by molar-refractivity contribution is 4.94. The van der Waals surface area contributed by atoms with Gasteiger partial charge in [-0.25, -0.2) is 0 Å². The molecule has 0 aromatic heterocycles. The summed E-state index contributed by atoms with van der Waals surface area (Å²) in [6.07, 6.45) is 5.23. The molecule has 2 rings (SSSR count). The first kappa shape index (κ1) is 6.62. The van der Waals surface area contributed by atoms with Crippen LogP contribution in [0.5, 0.6) is 0 Å². The molecule has 2 unspecified atom stereocenters. The van der Waals surface area contributed by atoms with E-state index in [0.717, 1.165) is 12.1 Å². The molecule has 2 bridgehead atoms. The number of hydrogen-bond donors (Lipinski definition) is 1. The fraction of sp³-hybridized carbons (Fsp3) is 1.00. The Hall–Kier alpha value is -0.0800. The third kappa shape index (κ3) is 0.867. The Morgan fingerprint density at radius 2 is 1.70 bits per heavy atom. The lowest BCUT2D eigenvalue weighted by molar-refractivity contribution is 0.163. The molecule has 58 valence electrons. The molecular weight excluding hydrogens is 124 g/mol. The first-order chi connectivity index (χ1) is 4.77. The fourth-order valence-corrected chi connectivity index (χ4v) is 2.45. The minimum atomic E-state index is 0.494. The average molecular weight is 140 g/mol. The summed E-state index contributed by atoms with van der Waals surface area (Å²) in [5.74, 6) is 0. The van der Waals surface area contributed by atoms with Gasteiger partial charge < -0.3 is 10.6 Å². The quantitative estimate of drug-likeness (QED) is 0.533. The van der Waals surface area contributed by atoms with Crippen molar-refractivity contribution < 1.29 is 0 Å². The normalized spacial score (nSPS) is 48.0. The number of rotatable bonds is 0. The van der Waals surface area contributed by atoms with Crippen molar-refractivity contribution in [1.82, 2.24) is 4.90 Å². The topological polar surface area (TPSA) is 29.3 Å². The van der Waals surface area contributed by atoms with E-state index in [2.05, 4.69) is 11.9 Å². The number of fused-ring (bicyclic) bond motifs is 2. The molecule has 2 aliphatic heterocycles. The van der Waals surface area contributed by atoms with Crippen LogP contribution in [0.3, 0.4) is 0 Å². The minimum Gasteiger partial charge on any atom is -0.328 e. The molecule has 2 saturated heterocycles. The van der Waals surface area contributed by atoms with E-state index in [1.54, 1.807) is 0 Å². The van der Waals surface area contributed by atoms with E-state index >= 15 is 0 Å². The second kappa shape index (κ2) is 2.21. The number of piperidine rings is 1. The van der Waals surface area contributed by atoms with Crippen molar-refractivity contribution in [3.8, 4) is 0 Å². The van der Waals surface area contributed by atoms with Crippen molar-refractivity contribution in [2.75, 3.05) is 7.05 Å². The van der Waals surface area contributed by atoms with Crippen LogP contribution in [0, 0.1) is 0 Å². The van der Waals surface area contributed by atoms with Gasteiger partial charge in [0, 0.05) is 18.1 Å². The third-order valence-electron chi connectivity index (χ3n) is 3.13. The highest BCUT2D eigenvalue weighted by Gasteiger charge is 2.36. The van der Waals surface area contributed by atoms with E-state index < -0.39 is 0 Å². The summed E-state index contributed by atoms with van der Waals surface area (Å²) >= 11 is 0. The van der Waals surface area contributed by atoms with E-state index in [1.165, 1.54) is 25.7 Å². The van der Waals surface area contributed by atoms with Gasteiger partial charge in [-0.3, -0.25) is 0 Å². The summed E-state index contributed by atoms with van der Waals surface area (Å²) in [5.41, 5.74) is 5.89. The van der Waals surface area contributed by atoms with E-state index in [9.17, 15) is 0 Å². The van der Waals surface area contributed by atoms with Crippen LogP contribution in [0.25, 0.3) is 0 Å². The summed E-state index contributed by atoms with van der Waals surface area (Å²) in [6, 6.07) is 2.12. The van der Waals surface area contributed by atoms with Gasteiger partial charge in [0.25, 0.3) is 0 Å². The Labute approximate surface area is 62.4 Å². The zero-order chi connectivity index (χ0) is 7.14. The molecule has 0 radical (unpaired) electrons. The van der Waals surface area contributed by atoms with Crippen LogP contribution in [0.2, 0.25) is 0 Å². The molecule has 2 aliphatic rings. The molecule has 0 aliphatic carbocycles. The molecule has 0 saturated carbocycles. The smallest absolute Gasteiger partial charge is 0.0110 e. The van der Waals surface area contributed by atoms with Gasteiger partial charge in [-0.1, -0.05) is 0 Å². The van der Waals surface area contributed by atoms with Gasteiger partial charge in [-0.05, 0) is 32.7 Å². The van der Waals surface area contributed by atoms with E-state index in [4.69, 9.17) is 5.73 Å². The number of nitrogens with zero attached hydrogens (tertiary/aromatic N) is 1. The molecule has 2 N–H and O–H groups in total. The molecule has 10 heavy (non-hydrogen) atoms. The lowest BCUT2D eigenvalue weighted by atomic mass is 9.99. The molecule has 0 spiro atoms. The van der Waals surface area contributed by atoms with Crippen molar-refractivity contribution >= 4 is 0 Å². The lowest BCUT2D eigenvalue weighted by Crippen LogP contribution is -2.45. The van der Waals surface area contributed by atoms with Crippen LogP contribution in [0.1, 0.15) is 25.7 Å². The predicted molar refractivity (Wildman–Crippen MR) is 41.8 cm³/mol. The predicted octanol–water partition coefficient (Wildman–Crippen LogP) is 0.570. The van der Waals surface area contributed by atoms with E-state index in [-0.39, 0.29) is 0 Å². The van der Waals surface area contributed by atoms with Gasteiger partial charge in [0.2, 0.25) is 0 Å². The van der Waals surface area contributed by atoms with E-state index in [0.29, 0.717) is 6.04 Å². The molecule has 2 nitrogen and oxygen atoms in total. The summed E-state index contributed by atoms with van der Waals surface area (Å²) < 4.78 is 0. The first-order valence-electron chi connectivity index (χ1n) is 4.25. The Kier molecular flexibility index (Phi) is 1.46. The van der Waals surface area contributed by atoms with Crippen LogP contribution in [-0.4, -0.2) is 30.1 Å². The third-order valence-corrected chi connectivity index (χ3v) is 3.13. The highest BCUT2D eigenvalue weighted by Crippen LogP contribution is 2.33. The second-order valence-corrected chi connectivity index (χ2v) is 3.78. The van der Waals surface area contributed by atoms with Gasteiger partial charge in [0.05, 0.1) is 0 Å². The molecule has 2 heteroatoms. The first-order valence-corrected chi connectivity index (χ1v) is 4.25. The SMILES string of the molecule is CN1C2CC[C@H]1CC(N)C2. The van der Waals surface area contributed by atoms with Crippen LogP contribution in [0.4, 0.5) is 0 Å². The average Bonchev–Trinajstić information content (AvgIpc) is 2.20. The molecule has 3 atom stereocenters. The van der Waals surface area contributed by atoms with Crippen molar-refractivity contribution in [2.45, 2.75) is 43.8 Å². The fourth-order valence-electron chi connectivity index (χ4n) is 2.45. The molecule has 2 heterocycles. The van der Waals surface area contributed by atoms with Gasteiger partial charge >= 0.3 is 0 Å². The zero-order valence-electron chi connectivity index (χ0n) is 6.59. The Morgan fingerprint density at radius 1 is 1.20 bits per heavy atom. The zero-order valence-corrected chi connectivity index (χ0v) is 6.59. The minimum absolute atomic E-state index is 0.494. The Morgan fingerprint density at radius 3 is 2.20 bits per heavy atom. The largest absolute Gasteiger partial charge is 0.328 e. The van der Waals surface area contributed by atoms with Crippen molar-refractivity contribution in [3.05, 3.63) is 0 Å². The molecular formula is C8H16N2. The monoisotopic (exact) mass is 140 g/mol. The summed E-state index contributed by atoms with van der Waals surface area (Å²) in [5, 5.41) is 0. The van der Waals surface area contributed by atoms with Gasteiger partial charge in [-0.2, -0.15) is 0 Å². The maximum atomic E-state index is 5.89. The number of nitrogens with two attached hydrogens (primary N) is 1. The standard InChI is InChI=1S/C8H16N2/c1-10-7-2-3-8(10)5-6(9)4-7/h6-8H,2-5,9H2,1H3/t6?,7-,8?/m0/s1. The maximum absolute atomic E-state index is 5.89. The maximum Gasteiger partial charge on any atom is 0.0110 e.